The molecule has 1 fully saturated rings. The molecule has 0 spiro atoms. The minimum absolute atomic E-state index is 0. The standard InChI is InChI=1S/C22H40O4.Na/c1-5-6-7-8-9-10-11-12-19(20(23)24)26-21(25)22(17(2)3)15-13-18(4)14-16-22;/h17-19H,5-16H2,1-4H3,(H,23,24);/q;+1/p-1. The molecular formula is C22H39NaO4. The quantitative estimate of drug-likeness (QED) is 0.289. The average molecular weight is 391 g/mol. The van der Waals surface area contributed by atoms with Crippen molar-refractivity contribution in [3.05, 3.63) is 0 Å². The van der Waals surface area contributed by atoms with Gasteiger partial charge in [0.25, 0.3) is 0 Å². The molecule has 1 saturated carbocycles. The fraction of sp³-hybridized carbons (Fsp3) is 0.909. The number of carbonyl (C=O) groups is 2. The van der Waals surface area contributed by atoms with E-state index in [0.717, 1.165) is 44.9 Å². The predicted octanol–water partition coefficient (Wildman–Crippen LogP) is 1.65. The van der Waals surface area contributed by atoms with Gasteiger partial charge in [-0.2, -0.15) is 0 Å². The Bertz CT molecular complexity index is 428. The Morgan fingerprint density at radius 1 is 1.04 bits per heavy atom. The van der Waals surface area contributed by atoms with Crippen LogP contribution in [0.15, 0.2) is 0 Å². The van der Waals surface area contributed by atoms with Crippen LogP contribution in [0.1, 0.15) is 105 Å². The zero-order valence-corrected chi connectivity index (χ0v) is 20.4. The molecule has 0 N–H and O–H groups in total. The smallest absolute Gasteiger partial charge is 0.546 e. The van der Waals surface area contributed by atoms with Crippen LogP contribution in [-0.4, -0.2) is 18.0 Å². The van der Waals surface area contributed by atoms with Crippen molar-refractivity contribution in [3.63, 3.8) is 0 Å². The topological polar surface area (TPSA) is 66.4 Å². The second-order valence-electron chi connectivity index (χ2n) is 8.62. The molecule has 0 amide bonds. The van der Waals surface area contributed by atoms with E-state index >= 15 is 0 Å². The first-order valence-electron chi connectivity index (χ1n) is 10.8. The molecule has 0 heterocycles. The summed E-state index contributed by atoms with van der Waals surface area (Å²) in [5, 5.41) is 11.5. The summed E-state index contributed by atoms with van der Waals surface area (Å²) in [5.41, 5.74) is -0.527. The molecule has 0 aromatic rings. The first-order valence-corrected chi connectivity index (χ1v) is 10.8. The van der Waals surface area contributed by atoms with Crippen molar-refractivity contribution >= 4 is 11.9 Å². The molecular weight excluding hydrogens is 351 g/mol. The number of unbranched alkanes of at least 4 members (excludes halogenated alkanes) is 6. The number of hydrogen-bond acceptors (Lipinski definition) is 4. The maximum atomic E-state index is 12.9. The Morgan fingerprint density at radius 3 is 2.04 bits per heavy atom. The van der Waals surface area contributed by atoms with Gasteiger partial charge in [0.1, 0.15) is 6.10 Å². The number of carbonyl (C=O) groups excluding carboxylic acids is 2. The van der Waals surface area contributed by atoms with Crippen LogP contribution < -0.4 is 34.7 Å². The second kappa shape index (κ2) is 14.0. The van der Waals surface area contributed by atoms with E-state index in [9.17, 15) is 14.7 Å². The molecule has 0 radical (unpaired) electrons. The van der Waals surface area contributed by atoms with Gasteiger partial charge in [0.15, 0.2) is 0 Å². The van der Waals surface area contributed by atoms with Crippen molar-refractivity contribution in [2.45, 2.75) is 111 Å². The normalized spacial score (nSPS) is 23.5. The molecule has 1 atom stereocenters. The summed E-state index contributed by atoms with van der Waals surface area (Å²) < 4.78 is 5.50. The summed E-state index contributed by atoms with van der Waals surface area (Å²) in [5.74, 6) is -0.799. The molecule has 0 aromatic heterocycles. The van der Waals surface area contributed by atoms with Crippen LogP contribution in [-0.2, 0) is 14.3 Å². The Hall–Kier alpha value is -0.0600. The molecule has 1 aliphatic rings. The Morgan fingerprint density at radius 2 is 1.56 bits per heavy atom. The van der Waals surface area contributed by atoms with Crippen molar-refractivity contribution in [3.8, 4) is 0 Å². The Labute approximate surface area is 188 Å². The van der Waals surface area contributed by atoms with E-state index < -0.39 is 17.5 Å². The largest absolute Gasteiger partial charge is 1.00 e. The van der Waals surface area contributed by atoms with Crippen LogP contribution in [0.5, 0.6) is 0 Å². The monoisotopic (exact) mass is 390 g/mol. The van der Waals surface area contributed by atoms with Gasteiger partial charge in [-0.05, 0) is 50.4 Å². The van der Waals surface area contributed by atoms with Gasteiger partial charge < -0.3 is 14.6 Å². The van der Waals surface area contributed by atoms with Crippen LogP contribution in [0.4, 0.5) is 0 Å². The van der Waals surface area contributed by atoms with Crippen molar-refractivity contribution in [1.82, 2.24) is 0 Å². The zero-order chi connectivity index (χ0) is 19.6. The predicted molar refractivity (Wildman–Crippen MR) is 102 cm³/mol. The van der Waals surface area contributed by atoms with Crippen LogP contribution in [0.25, 0.3) is 0 Å². The average Bonchev–Trinajstić information content (AvgIpc) is 2.60. The molecule has 5 heteroatoms. The van der Waals surface area contributed by atoms with Crippen LogP contribution in [0.2, 0.25) is 0 Å². The van der Waals surface area contributed by atoms with Crippen molar-refractivity contribution in [2.24, 2.45) is 17.3 Å². The summed E-state index contributed by atoms with van der Waals surface area (Å²) in [6.45, 7) is 8.49. The summed E-state index contributed by atoms with van der Waals surface area (Å²) in [6, 6.07) is 0. The minimum Gasteiger partial charge on any atom is -0.546 e. The SMILES string of the molecule is CCCCCCCCCC(OC(=O)C1(C(C)C)CCC(C)CC1)C(=O)[O-].[Na+]. The molecule has 0 bridgehead atoms. The van der Waals surface area contributed by atoms with E-state index in [0.29, 0.717) is 12.3 Å². The molecule has 4 nitrogen and oxygen atoms in total. The maximum Gasteiger partial charge on any atom is 1.00 e. The van der Waals surface area contributed by atoms with E-state index in [1.807, 2.05) is 13.8 Å². The van der Waals surface area contributed by atoms with Gasteiger partial charge in [-0.1, -0.05) is 66.2 Å². The maximum absolute atomic E-state index is 12.9. The Kier molecular flexibility index (Phi) is 14.0. The van der Waals surface area contributed by atoms with E-state index in [1.165, 1.54) is 25.7 Å². The molecule has 0 saturated heterocycles. The van der Waals surface area contributed by atoms with Gasteiger partial charge >= 0.3 is 35.5 Å². The van der Waals surface area contributed by atoms with Gasteiger partial charge in [-0.25, -0.2) is 0 Å². The summed E-state index contributed by atoms with van der Waals surface area (Å²) in [7, 11) is 0. The minimum atomic E-state index is -1.26. The Balaban J connectivity index is 0.00000676. The van der Waals surface area contributed by atoms with E-state index in [-0.39, 0.29) is 41.4 Å². The zero-order valence-electron chi connectivity index (χ0n) is 18.4. The molecule has 27 heavy (non-hydrogen) atoms. The van der Waals surface area contributed by atoms with Gasteiger partial charge in [0.05, 0.1) is 11.4 Å². The molecule has 1 unspecified atom stereocenters. The molecule has 0 aliphatic heterocycles. The van der Waals surface area contributed by atoms with Gasteiger partial charge in [-0.3, -0.25) is 4.79 Å². The fourth-order valence-corrected chi connectivity index (χ4v) is 4.05. The molecule has 152 valence electrons. The first kappa shape index (κ1) is 26.9. The van der Waals surface area contributed by atoms with Gasteiger partial charge in [-0.15, -0.1) is 0 Å². The van der Waals surface area contributed by atoms with Crippen molar-refractivity contribution in [1.29, 1.82) is 0 Å². The molecule has 1 rings (SSSR count). The number of carboxylic acid groups (broad SMARTS) is 1. The van der Waals surface area contributed by atoms with Crippen molar-refractivity contribution in [2.75, 3.05) is 0 Å². The number of aliphatic carboxylic acids is 1. The number of rotatable bonds is 12. The van der Waals surface area contributed by atoms with E-state index in [4.69, 9.17) is 4.74 Å². The number of carboxylic acids is 1. The van der Waals surface area contributed by atoms with E-state index in [2.05, 4.69) is 13.8 Å². The van der Waals surface area contributed by atoms with Gasteiger partial charge in [0.2, 0.25) is 0 Å². The number of esters is 1. The van der Waals surface area contributed by atoms with Crippen molar-refractivity contribution < 1.29 is 49.0 Å². The summed E-state index contributed by atoms with van der Waals surface area (Å²) >= 11 is 0. The third kappa shape index (κ3) is 8.87. The first-order chi connectivity index (χ1) is 12.3. The third-order valence-electron chi connectivity index (χ3n) is 6.26. The fourth-order valence-electron chi connectivity index (χ4n) is 4.05. The molecule has 0 aromatic carbocycles. The summed E-state index contributed by atoms with van der Waals surface area (Å²) in [6.07, 6.45) is 10.6. The van der Waals surface area contributed by atoms with E-state index in [1.54, 1.807) is 0 Å². The van der Waals surface area contributed by atoms with Crippen LogP contribution in [0, 0.1) is 17.3 Å². The third-order valence-corrected chi connectivity index (χ3v) is 6.26. The summed E-state index contributed by atoms with van der Waals surface area (Å²) in [4.78, 5) is 24.3. The number of hydrogen-bond donors (Lipinski definition) is 0. The van der Waals surface area contributed by atoms with Gasteiger partial charge in [0, 0.05) is 0 Å². The molecule has 1 aliphatic carbocycles. The number of ether oxygens (including phenoxy) is 1. The van der Waals surface area contributed by atoms with Crippen LogP contribution >= 0.6 is 0 Å². The van der Waals surface area contributed by atoms with Crippen LogP contribution in [0.3, 0.4) is 0 Å². The second-order valence-corrected chi connectivity index (χ2v) is 8.62.